The third-order valence-electron chi connectivity index (χ3n) is 10.7. The largest absolute Gasteiger partial charge is 0.417 e. The molecule has 0 aliphatic rings. The van der Waals surface area contributed by atoms with Crippen LogP contribution in [-0.4, -0.2) is 19.5 Å². The van der Waals surface area contributed by atoms with Crippen LogP contribution in [0.1, 0.15) is 22.3 Å². The molecule has 0 saturated heterocycles. The van der Waals surface area contributed by atoms with Gasteiger partial charge in [-0.2, -0.15) is 52.7 Å². The Labute approximate surface area is 360 Å². The van der Waals surface area contributed by atoms with Gasteiger partial charge in [-0.05, 0) is 71.3 Å². The normalized spacial score (nSPS) is 12.6. The second-order valence-electron chi connectivity index (χ2n) is 14.9. The van der Waals surface area contributed by atoms with Gasteiger partial charge in [0.25, 0.3) is 0 Å². The number of alkyl halides is 12. The zero-order valence-corrected chi connectivity index (χ0v) is 32.8. The Bertz CT molecular complexity index is 3170. The zero-order valence-electron chi connectivity index (χ0n) is 32.8. The van der Waals surface area contributed by atoms with E-state index in [9.17, 15) is 52.7 Å². The van der Waals surface area contributed by atoms with Crippen molar-refractivity contribution in [3.63, 3.8) is 0 Å². The first kappa shape index (κ1) is 42.8. The van der Waals surface area contributed by atoms with Crippen LogP contribution in [0.25, 0.3) is 83.9 Å². The highest BCUT2D eigenvalue weighted by atomic mass is 19.4. The van der Waals surface area contributed by atoms with Gasteiger partial charge in [0.05, 0.1) is 39.0 Å². The quantitative estimate of drug-likeness (QED) is 0.156. The second-order valence-corrected chi connectivity index (χ2v) is 14.9. The summed E-state index contributed by atoms with van der Waals surface area (Å²) in [4.78, 5) is 14.2. The van der Waals surface area contributed by atoms with Gasteiger partial charge in [0.1, 0.15) is 0 Å². The summed E-state index contributed by atoms with van der Waals surface area (Å²) in [6.07, 6.45) is -20.7. The van der Waals surface area contributed by atoms with E-state index in [4.69, 9.17) is 9.97 Å². The van der Waals surface area contributed by atoms with Gasteiger partial charge in [0.15, 0.2) is 17.5 Å². The third kappa shape index (κ3) is 8.27. The number of rotatable bonds is 6. The molecule has 9 rings (SSSR count). The molecule has 2 aromatic heterocycles. The van der Waals surface area contributed by atoms with Crippen LogP contribution in [0.3, 0.4) is 0 Å². The minimum absolute atomic E-state index is 0.0109. The molecule has 16 heteroatoms. The highest BCUT2D eigenvalue weighted by molar-refractivity contribution is 6.11. The molecule has 0 N–H and O–H groups in total. The van der Waals surface area contributed by atoms with Crippen LogP contribution in [0.2, 0.25) is 0 Å². The molecule has 65 heavy (non-hydrogen) atoms. The van der Waals surface area contributed by atoms with Gasteiger partial charge in [-0.25, -0.2) is 15.0 Å². The Balaban J connectivity index is 1.34. The van der Waals surface area contributed by atoms with E-state index < -0.39 is 58.1 Å². The van der Waals surface area contributed by atoms with E-state index in [1.165, 1.54) is 41.0 Å². The van der Waals surface area contributed by atoms with Crippen molar-refractivity contribution in [1.29, 1.82) is 0 Å². The van der Waals surface area contributed by atoms with Crippen LogP contribution in [0.15, 0.2) is 158 Å². The second kappa shape index (κ2) is 15.6. The molecular weight excluding hydrogens is 873 g/mol. The van der Waals surface area contributed by atoms with Crippen molar-refractivity contribution in [2.75, 3.05) is 0 Å². The summed E-state index contributed by atoms with van der Waals surface area (Å²) < 4.78 is 171. The number of fused-ring (bicyclic) bond motifs is 3. The Hall–Kier alpha value is -7.49. The third-order valence-corrected chi connectivity index (χ3v) is 10.7. The molecule has 9 aromatic rings. The summed E-state index contributed by atoms with van der Waals surface area (Å²) in [5.41, 5.74) is -5.39. The van der Waals surface area contributed by atoms with Crippen molar-refractivity contribution in [3.05, 3.63) is 180 Å². The van der Waals surface area contributed by atoms with Crippen LogP contribution in [0.4, 0.5) is 52.7 Å². The zero-order chi connectivity index (χ0) is 46.1. The van der Waals surface area contributed by atoms with Crippen LogP contribution >= 0.6 is 0 Å². The molecule has 4 nitrogen and oxygen atoms in total. The molecule has 0 saturated carbocycles. The fourth-order valence-corrected chi connectivity index (χ4v) is 7.75. The van der Waals surface area contributed by atoms with Crippen molar-refractivity contribution < 1.29 is 52.7 Å². The van der Waals surface area contributed by atoms with Crippen molar-refractivity contribution in [1.82, 2.24) is 19.5 Å². The molecule has 0 spiro atoms. The number of nitrogens with zero attached hydrogens (tertiary/aromatic N) is 4. The van der Waals surface area contributed by atoms with Gasteiger partial charge in [0.2, 0.25) is 0 Å². The lowest BCUT2D eigenvalue weighted by atomic mass is 9.95. The van der Waals surface area contributed by atoms with Gasteiger partial charge in [-0.3, -0.25) is 0 Å². The summed E-state index contributed by atoms with van der Waals surface area (Å²) in [6.45, 7) is 0. The molecule has 0 bridgehead atoms. The smallest absolute Gasteiger partial charge is 0.309 e. The van der Waals surface area contributed by atoms with Gasteiger partial charge >= 0.3 is 24.7 Å². The number of aromatic nitrogens is 4. The molecule has 0 amide bonds. The first-order valence-corrected chi connectivity index (χ1v) is 19.4. The molecule has 7 aromatic carbocycles. The summed E-state index contributed by atoms with van der Waals surface area (Å²) in [5.74, 6) is 0.577. The highest BCUT2D eigenvalue weighted by Gasteiger charge is 2.39. The summed E-state index contributed by atoms with van der Waals surface area (Å²) in [6, 6.07) is 34.9. The highest BCUT2D eigenvalue weighted by Crippen LogP contribution is 2.45. The first-order chi connectivity index (χ1) is 30.7. The van der Waals surface area contributed by atoms with E-state index in [1.54, 1.807) is 84.9 Å². The summed E-state index contributed by atoms with van der Waals surface area (Å²) in [5, 5.41) is 0.652. The van der Waals surface area contributed by atoms with E-state index in [0.29, 0.717) is 40.2 Å². The molecule has 0 atom stereocenters. The summed E-state index contributed by atoms with van der Waals surface area (Å²) in [7, 11) is 0. The van der Waals surface area contributed by atoms with Crippen molar-refractivity contribution in [3.8, 4) is 62.1 Å². The van der Waals surface area contributed by atoms with Gasteiger partial charge in [-0.1, -0.05) is 103 Å². The average molecular weight is 899 g/mol. The van der Waals surface area contributed by atoms with Crippen LogP contribution in [0, 0.1) is 0 Å². The molecule has 326 valence electrons. The first-order valence-electron chi connectivity index (χ1n) is 19.4. The molecule has 0 unspecified atom stereocenters. The van der Waals surface area contributed by atoms with Crippen molar-refractivity contribution in [2.45, 2.75) is 24.7 Å². The number of halogens is 12. The molecule has 0 aliphatic carbocycles. The average Bonchev–Trinajstić information content (AvgIpc) is 3.61. The fraction of sp³-hybridized carbons (Fsp3) is 0.0816. The SMILES string of the molecule is FC(F)(F)c1cc(-c2ccc(-c3nc(-c4ccccc4)nc(-c4ccccc4)n3)cc2-n2c3ccccc3c3cc(-c4ccc(C(F)(F)F)cc4C(F)(F)F)ccc32)cc(C(F)(F)F)c1. The van der Waals surface area contributed by atoms with Crippen molar-refractivity contribution >= 4 is 21.8 Å². The Morgan fingerprint density at radius 2 is 0.815 bits per heavy atom. The number of hydrogen-bond acceptors (Lipinski definition) is 3. The lowest BCUT2D eigenvalue weighted by Crippen LogP contribution is -2.12. The monoisotopic (exact) mass is 898 g/mol. The Morgan fingerprint density at radius 3 is 1.37 bits per heavy atom. The van der Waals surface area contributed by atoms with E-state index in [2.05, 4.69) is 4.98 Å². The number of benzene rings is 7. The van der Waals surface area contributed by atoms with Crippen LogP contribution in [-0.2, 0) is 24.7 Å². The van der Waals surface area contributed by atoms with E-state index in [-0.39, 0.29) is 62.9 Å². The van der Waals surface area contributed by atoms with E-state index in [1.807, 2.05) is 0 Å². The van der Waals surface area contributed by atoms with E-state index >= 15 is 0 Å². The lowest BCUT2D eigenvalue weighted by molar-refractivity contribution is -0.144. The number of para-hydroxylation sites is 1. The lowest BCUT2D eigenvalue weighted by Gasteiger charge is -2.19. The van der Waals surface area contributed by atoms with Gasteiger partial charge < -0.3 is 4.57 Å². The van der Waals surface area contributed by atoms with Gasteiger partial charge in [-0.15, -0.1) is 0 Å². The minimum Gasteiger partial charge on any atom is -0.309 e. The molecule has 0 aliphatic heterocycles. The Kier molecular flexibility index (Phi) is 10.3. The maximum atomic E-state index is 14.4. The molecule has 0 radical (unpaired) electrons. The predicted octanol–water partition coefficient (Wildman–Crippen LogP) is 15.4. The van der Waals surface area contributed by atoms with Crippen LogP contribution < -0.4 is 0 Å². The molecule has 0 fully saturated rings. The molecule has 2 heterocycles. The fourth-order valence-electron chi connectivity index (χ4n) is 7.75. The maximum absolute atomic E-state index is 14.4. The van der Waals surface area contributed by atoms with Crippen molar-refractivity contribution in [2.24, 2.45) is 0 Å². The topological polar surface area (TPSA) is 43.6 Å². The van der Waals surface area contributed by atoms with Crippen LogP contribution in [0.5, 0.6) is 0 Å². The maximum Gasteiger partial charge on any atom is 0.417 e. The molecular formula is C49H26F12N4. The summed E-state index contributed by atoms with van der Waals surface area (Å²) >= 11 is 0. The minimum atomic E-state index is -5.20. The predicted molar refractivity (Wildman–Crippen MR) is 221 cm³/mol. The van der Waals surface area contributed by atoms with E-state index in [0.717, 1.165) is 6.07 Å². The van der Waals surface area contributed by atoms with Gasteiger partial charge in [0, 0.05) is 33.0 Å². The standard InChI is InChI=1S/C49H26F12N4/c50-46(51,52)32-17-19-35(39(26-32)49(59,60)61)29-16-20-41-38(23-29)37-13-7-8-14-40(37)65(41)42-24-30(15-18-36(42)31-21-33(47(53,54)55)25-34(22-31)48(56,57)58)45-63-43(27-9-3-1-4-10-27)62-44(64-45)28-11-5-2-6-12-28/h1-26H. The number of hydrogen-bond donors (Lipinski definition) is 0. The Morgan fingerprint density at radius 1 is 0.323 bits per heavy atom.